The van der Waals surface area contributed by atoms with Crippen LogP contribution in [0.25, 0.3) is 11.5 Å². The Kier molecular flexibility index (Phi) is 4.28. The Morgan fingerprint density at radius 1 is 1.14 bits per heavy atom. The van der Waals surface area contributed by atoms with Crippen LogP contribution in [-0.2, 0) is 6.18 Å². The van der Waals surface area contributed by atoms with Gasteiger partial charge in [-0.25, -0.2) is 0 Å². The minimum absolute atomic E-state index is 0.0572. The summed E-state index contributed by atoms with van der Waals surface area (Å²) in [6.45, 7) is 5.65. The molecule has 2 rings (SSSR count). The van der Waals surface area contributed by atoms with Gasteiger partial charge in [-0.2, -0.15) is 13.2 Å². The molecular weight excluding hydrogens is 297 g/mol. The van der Waals surface area contributed by atoms with E-state index >= 15 is 0 Å². The molecule has 1 atom stereocenters. The third kappa shape index (κ3) is 3.30. The van der Waals surface area contributed by atoms with E-state index in [1.807, 2.05) is 20.8 Å². The molecule has 2 aromatic rings. The Morgan fingerprint density at radius 3 is 2.23 bits per heavy atom. The molecule has 1 heterocycles. The molecule has 0 fully saturated rings. The highest BCUT2D eigenvalue weighted by Gasteiger charge is 2.32. The van der Waals surface area contributed by atoms with E-state index < -0.39 is 23.3 Å². The molecule has 0 radical (unpaired) electrons. The summed E-state index contributed by atoms with van der Waals surface area (Å²) in [6.07, 6.45) is -4.63. The van der Waals surface area contributed by atoms with Crippen molar-refractivity contribution in [2.75, 3.05) is 0 Å². The second-order valence-electron chi connectivity index (χ2n) is 5.77. The molecule has 120 valence electrons. The lowest BCUT2D eigenvalue weighted by molar-refractivity contribution is -0.137. The van der Waals surface area contributed by atoms with E-state index in [0.717, 1.165) is 12.1 Å². The highest BCUT2D eigenvalue weighted by atomic mass is 19.4. The lowest BCUT2D eigenvalue weighted by Crippen LogP contribution is -2.21. The molecule has 1 aromatic carbocycles. The number of rotatable bonds is 4. The number of aliphatic hydroxyl groups excluding tert-OH is 1. The highest BCUT2D eigenvalue weighted by Crippen LogP contribution is 2.36. The van der Waals surface area contributed by atoms with Gasteiger partial charge >= 0.3 is 6.18 Å². The number of alkyl halides is 3. The fourth-order valence-corrected chi connectivity index (χ4v) is 1.79. The smallest absolute Gasteiger partial charge is 0.416 e. The maximum atomic E-state index is 12.5. The Hall–Kier alpha value is -1.89. The number of aromatic nitrogens is 2. The first-order chi connectivity index (χ1) is 10.1. The Bertz CT molecular complexity index is 633. The van der Waals surface area contributed by atoms with Crippen molar-refractivity contribution >= 4 is 0 Å². The van der Waals surface area contributed by atoms with E-state index in [0.29, 0.717) is 12.0 Å². The second-order valence-corrected chi connectivity index (χ2v) is 5.77. The summed E-state index contributed by atoms with van der Waals surface area (Å²) in [5.41, 5.74) is -0.819. The van der Waals surface area contributed by atoms with Crippen LogP contribution in [-0.4, -0.2) is 15.3 Å². The number of benzene rings is 1. The molecule has 0 saturated heterocycles. The minimum Gasteiger partial charge on any atom is -0.418 e. The summed E-state index contributed by atoms with van der Waals surface area (Å²) in [6, 6.07) is 4.42. The van der Waals surface area contributed by atoms with Crippen molar-refractivity contribution < 1.29 is 22.7 Å². The number of hydrogen-bond donors (Lipinski definition) is 1. The second kappa shape index (κ2) is 5.72. The minimum atomic E-state index is -4.39. The zero-order chi connectivity index (χ0) is 16.5. The molecule has 0 saturated carbocycles. The van der Waals surface area contributed by atoms with Crippen LogP contribution in [0.5, 0.6) is 0 Å². The molecule has 0 bridgehead atoms. The lowest BCUT2D eigenvalue weighted by atomic mass is 9.84. The van der Waals surface area contributed by atoms with E-state index in [9.17, 15) is 18.3 Å². The fraction of sp³-hybridized carbons (Fsp3) is 0.467. The normalized spacial score (nSPS) is 14.1. The molecule has 1 N–H and O–H groups in total. The van der Waals surface area contributed by atoms with Crippen molar-refractivity contribution in [3.05, 3.63) is 35.7 Å². The van der Waals surface area contributed by atoms with Crippen molar-refractivity contribution in [1.82, 2.24) is 10.2 Å². The van der Waals surface area contributed by atoms with Gasteiger partial charge in [0.05, 0.1) is 5.56 Å². The van der Waals surface area contributed by atoms with Crippen LogP contribution in [0.15, 0.2) is 28.7 Å². The summed E-state index contributed by atoms with van der Waals surface area (Å²) >= 11 is 0. The summed E-state index contributed by atoms with van der Waals surface area (Å²) in [4.78, 5) is 0. The maximum absolute atomic E-state index is 12.5. The zero-order valence-electron chi connectivity index (χ0n) is 12.5. The van der Waals surface area contributed by atoms with Gasteiger partial charge in [0.1, 0.15) is 6.10 Å². The monoisotopic (exact) mass is 314 g/mol. The molecular formula is C15H17F3N2O2. The number of nitrogens with zero attached hydrogens (tertiary/aromatic N) is 2. The van der Waals surface area contributed by atoms with E-state index in [1.54, 1.807) is 0 Å². The maximum Gasteiger partial charge on any atom is 0.416 e. The van der Waals surface area contributed by atoms with Crippen LogP contribution in [0, 0.1) is 5.41 Å². The molecule has 0 aliphatic rings. The Labute approximate surface area is 126 Å². The van der Waals surface area contributed by atoms with Crippen molar-refractivity contribution in [3.8, 4) is 11.5 Å². The molecule has 0 aliphatic carbocycles. The Balaban J connectivity index is 2.25. The molecule has 22 heavy (non-hydrogen) atoms. The third-order valence-corrected chi connectivity index (χ3v) is 3.79. The van der Waals surface area contributed by atoms with Crippen LogP contribution >= 0.6 is 0 Å². The van der Waals surface area contributed by atoms with Gasteiger partial charge in [0, 0.05) is 5.56 Å². The molecule has 0 spiro atoms. The molecule has 7 heteroatoms. The number of hydrogen-bond acceptors (Lipinski definition) is 4. The number of halogens is 3. The van der Waals surface area contributed by atoms with E-state index in [4.69, 9.17) is 4.42 Å². The van der Waals surface area contributed by atoms with Gasteiger partial charge in [-0.05, 0) is 36.1 Å². The van der Waals surface area contributed by atoms with Crippen molar-refractivity contribution in [3.63, 3.8) is 0 Å². The quantitative estimate of drug-likeness (QED) is 0.917. The third-order valence-electron chi connectivity index (χ3n) is 3.79. The van der Waals surface area contributed by atoms with E-state index in [-0.39, 0.29) is 11.8 Å². The standard InChI is InChI=1S/C15H17F3N2O2/c1-4-14(2,3)11(21)13-20-19-12(22-13)9-5-7-10(8-6-9)15(16,17)18/h5-8,11,21H,4H2,1-3H3/t11-/m0/s1. The van der Waals surface area contributed by atoms with Crippen LogP contribution in [0.3, 0.4) is 0 Å². The first kappa shape index (κ1) is 16.5. The van der Waals surface area contributed by atoms with Crippen LogP contribution in [0.2, 0.25) is 0 Å². The SMILES string of the molecule is CCC(C)(C)[C@@H](O)c1nnc(-c2ccc(C(F)(F)F)cc2)o1. The largest absolute Gasteiger partial charge is 0.418 e. The van der Waals surface area contributed by atoms with Gasteiger partial charge in [-0.15, -0.1) is 10.2 Å². The fourth-order valence-electron chi connectivity index (χ4n) is 1.79. The highest BCUT2D eigenvalue weighted by molar-refractivity contribution is 5.53. The van der Waals surface area contributed by atoms with Crippen LogP contribution in [0.4, 0.5) is 13.2 Å². The zero-order valence-corrected chi connectivity index (χ0v) is 12.5. The number of aliphatic hydroxyl groups is 1. The van der Waals surface area contributed by atoms with Gasteiger partial charge in [-0.3, -0.25) is 0 Å². The average Bonchev–Trinajstić information content (AvgIpc) is 2.95. The molecule has 4 nitrogen and oxygen atoms in total. The van der Waals surface area contributed by atoms with Gasteiger partial charge in [0.2, 0.25) is 11.8 Å². The van der Waals surface area contributed by atoms with E-state index in [1.165, 1.54) is 12.1 Å². The first-order valence-electron chi connectivity index (χ1n) is 6.84. The first-order valence-corrected chi connectivity index (χ1v) is 6.84. The van der Waals surface area contributed by atoms with Crippen LogP contribution < -0.4 is 0 Å². The summed E-state index contributed by atoms with van der Waals surface area (Å²) in [7, 11) is 0. The van der Waals surface area contributed by atoms with Gasteiger partial charge in [0.15, 0.2) is 0 Å². The molecule has 0 amide bonds. The predicted molar refractivity (Wildman–Crippen MR) is 73.8 cm³/mol. The topological polar surface area (TPSA) is 59.2 Å². The predicted octanol–water partition coefficient (Wildman–Crippen LogP) is 4.23. The summed E-state index contributed by atoms with van der Waals surface area (Å²) in [5.74, 6) is 0.136. The van der Waals surface area contributed by atoms with Crippen LogP contribution in [0.1, 0.15) is 44.8 Å². The Morgan fingerprint density at radius 2 is 1.73 bits per heavy atom. The van der Waals surface area contributed by atoms with Gasteiger partial charge in [-0.1, -0.05) is 20.8 Å². The van der Waals surface area contributed by atoms with Crippen molar-refractivity contribution in [2.45, 2.75) is 39.5 Å². The molecule has 0 aliphatic heterocycles. The summed E-state index contributed by atoms with van der Waals surface area (Å²) in [5, 5.41) is 17.8. The van der Waals surface area contributed by atoms with Gasteiger partial charge < -0.3 is 9.52 Å². The average molecular weight is 314 g/mol. The molecule has 1 aromatic heterocycles. The summed E-state index contributed by atoms with van der Waals surface area (Å²) < 4.78 is 42.9. The molecule has 0 unspecified atom stereocenters. The van der Waals surface area contributed by atoms with Crippen molar-refractivity contribution in [1.29, 1.82) is 0 Å². The van der Waals surface area contributed by atoms with Crippen molar-refractivity contribution in [2.24, 2.45) is 5.41 Å². The van der Waals surface area contributed by atoms with E-state index in [2.05, 4.69) is 10.2 Å². The lowest BCUT2D eigenvalue weighted by Gasteiger charge is -2.26. The van der Waals surface area contributed by atoms with Gasteiger partial charge in [0.25, 0.3) is 0 Å².